The molecule has 0 bridgehead atoms. The first kappa shape index (κ1) is 12.4. The molecule has 0 radical (unpaired) electrons. The van der Waals surface area contributed by atoms with Gasteiger partial charge in [0.25, 0.3) is 0 Å². The molecule has 1 fully saturated rings. The molecular formula is C16H21N3. The Kier molecular flexibility index (Phi) is 3.65. The number of piperidine rings is 1. The van der Waals surface area contributed by atoms with E-state index in [-0.39, 0.29) is 0 Å². The lowest BCUT2D eigenvalue weighted by atomic mass is 9.99. The van der Waals surface area contributed by atoms with E-state index in [1.807, 2.05) is 23.1 Å². The molecule has 3 rings (SSSR count). The van der Waals surface area contributed by atoms with E-state index in [4.69, 9.17) is 0 Å². The number of hydrogen-bond donors (Lipinski definition) is 0. The quantitative estimate of drug-likeness (QED) is 0.840. The average molecular weight is 255 g/mol. The van der Waals surface area contributed by atoms with E-state index >= 15 is 0 Å². The second kappa shape index (κ2) is 5.57. The van der Waals surface area contributed by atoms with Crippen molar-refractivity contribution in [1.82, 2.24) is 14.7 Å². The molecule has 3 nitrogen and oxygen atoms in total. The van der Waals surface area contributed by atoms with E-state index in [0.717, 1.165) is 18.2 Å². The highest BCUT2D eigenvalue weighted by atomic mass is 15.3. The molecule has 2 heterocycles. The van der Waals surface area contributed by atoms with Crippen molar-refractivity contribution in [3.05, 3.63) is 48.3 Å². The number of benzene rings is 1. The fourth-order valence-corrected chi connectivity index (χ4v) is 2.70. The first-order valence-corrected chi connectivity index (χ1v) is 7.12. The number of rotatable bonds is 3. The van der Waals surface area contributed by atoms with Crippen molar-refractivity contribution in [2.24, 2.45) is 5.92 Å². The summed E-state index contributed by atoms with van der Waals surface area (Å²) in [4.78, 5) is 2.56. The van der Waals surface area contributed by atoms with Gasteiger partial charge in [-0.05, 0) is 55.6 Å². The Balaban J connectivity index is 1.70. The van der Waals surface area contributed by atoms with Gasteiger partial charge in [-0.3, -0.25) is 4.90 Å². The Labute approximate surface area is 114 Å². The summed E-state index contributed by atoms with van der Waals surface area (Å²) < 4.78 is 1.92. The van der Waals surface area contributed by atoms with E-state index in [2.05, 4.69) is 41.2 Å². The van der Waals surface area contributed by atoms with E-state index < -0.39 is 0 Å². The first-order chi connectivity index (χ1) is 9.31. The summed E-state index contributed by atoms with van der Waals surface area (Å²) in [5.41, 5.74) is 2.52. The topological polar surface area (TPSA) is 21.1 Å². The molecule has 0 N–H and O–H groups in total. The summed E-state index contributed by atoms with van der Waals surface area (Å²) in [7, 11) is 0. The molecule has 19 heavy (non-hydrogen) atoms. The number of hydrogen-bond acceptors (Lipinski definition) is 2. The van der Waals surface area contributed by atoms with Crippen molar-refractivity contribution in [3.8, 4) is 5.69 Å². The third-order valence-corrected chi connectivity index (χ3v) is 3.96. The van der Waals surface area contributed by atoms with Crippen LogP contribution in [0.25, 0.3) is 5.69 Å². The van der Waals surface area contributed by atoms with Crippen LogP contribution in [0.4, 0.5) is 0 Å². The summed E-state index contributed by atoms with van der Waals surface area (Å²) in [6.45, 7) is 5.87. The van der Waals surface area contributed by atoms with Crippen molar-refractivity contribution in [2.45, 2.75) is 26.3 Å². The zero-order valence-electron chi connectivity index (χ0n) is 11.5. The maximum absolute atomic E-state index is 4.29. The molecule has 0 spiro atoms. The van der Waals surface area contributed by atoms with E-state index in [0.29, 0.717) is 0 Å². The van der Waals surface area contributed by atoms with Crippen LogP contribution in [0.2, 0.25) is 0 Å². The maximum atomic E-state index is 4.29. The van der Waals surface area contributed by atoms with Crippen molar-refractivity contribution in [1.29, 1.82) is 0 Å². The van der Waals surface area contributed by atoms with Crippen molar-refractivity contribution < 1.29 is 0 Å². The molecule has 1 aromatic carbocycles. The van der Waals surface area contributed by atoms with Gasteiger partial charge in [0.1, 0.15) is 0 Å². The zero-order chi connectivity index (χ0) is 13.1. The van der Waals surface area contributed by atoms with Crippen LogP contribution in [-0.2, 0) is 6.54 Å². The van der Waals surface area contributed by atoms with Gasteiger partial charge in [-0.1, -0.05) is 19.1 Å². The van der Waals surface area contributed by atoms with E-state index in [1.54, 1.807) is 0 Å². The largest absolute Gasteiger partial charge is 0.299 e. The summed E-state index contributed by atoms with van der Waals surface area (Å²) in [5, 5.41) is 4.29. The fourth-order valence-electron chi connectivity index (χ4n) is 2.70. The lowest BCUT2D eigenvalue weighted by Crippen LogP contribution is -2.32. The molecule has 1 aliphatic heterocycles. The van der Waals surface area contributed by atoms with Gasteiger partial charge in [0.15, 0.2) is 0 Å². The SMILES string of the molecule is CC1CCN(Cc2cccc(-n3cccn3)c2)CC1. The van der Waals surface area contributed by atoms with Gasteiger partial charge in [0, 0.05) is 18.9 Å². The Hall–Kier alpha value is -1.61. The van der Waals surface area contributed by atoms with Gasteiger partial charge >= 0.3 is 0 Å². The van der Waals surface area contributed by atoms with Crippen molar-refractivity contribution >= 4 is 0 Å². The Bertz CT molecular complexity index is 511. The van der Waals surface area contributed by atoms with Gasteiger partial charge < -0.3 is 0 Å². The Morgan fingerprint density at radius 3 is 2.79 bits per heavy atom. The van der Waals surface area contributed by atoms with Crippen LogP contribution in [0.15, 0.2) is 42.7 Å². The molecule has 0 amide bonds. The van der Waals surface area contributed by atoms with Gasteiger partial charge in [-0.15, -0.1) is 0 Å². The van der Waals surface area contributed by atoms with Gasteiger partial charge in [-0.2, -0.15) is 5.10 Å². The summed E-state index contributed by atoms with van der Waals surface area (Å²) in [5.74, 6) is 0.895. The minimum atomic E-state index is 0.895. The first-order valence-electron chi connectivity index (χ1n) is 7.12. The van der Waals surface area contributed by atoms with E-state index in [1.165, 1.54) is 31.5 Å². The van der Waals surface area contributed by atoms with Crippen LogP contribution in [0.3, 0.4) is 0 Å². The molecule has 2 aromatic rings. The normalized spacial score (nSPS) is 17.7. The standard InChI is InChI=1S/C16H21N3/c1-14-6-10-18(11-7-14)13-15-4-2-5-16(12-15)19-9-3-8-17-19/h2-5,8-9,12,14H,6-7,10-11,13H2,1H3. The van der Waals surface area contributed by atoms with Crippen molar-refractivity contribution in [2.75, 3.05) is 13.1 Å². The minimum Gasteiger partial charge on any atom is -0.299 e. The number of nitrogens with zero attached hydrogens (tertiary/aromatic N) is 3. The number of aromatic nitrogens is 2. The molecule has 0 saturated carbocycles. The van der Waals surface area contributed by atoms with Gasteiger partial charge in [-0.25, -0.2) is 4.68 Å². The summed E-state index contributed by atoms with van der Waals surface area (Å²) in [6, 6.07) is 10.6. The highest BCUT2D eigenvalue weighted by Gasteiger charge is 2.15. The van der Waals surface area contributed by atoms with Crippen LogP contribution in [0, 0.1) is 5.92 Å². The Morgan fingerprint density at radius 2 is 2.05 bits per heavy atom. The molecule has 1 aliphatic rings. The third kappa shape index (κ3) is 3.04. The van der Waals surface area contributed by atoms with E-state index in [9.17, 15) is 0 Å². The average Bonchev–Trinajstić information content (AvgIpc) is 2.96. The second-order valence-corrected chi connectivity index (χ2v) is 5.58. The monoisotopic (exact) mass is 255 g/mol. The maximum Gasteiger partial charge on any atom is 0.0648 e. The fraction of sp³-hybridized carbons (Fsp3) is 0.438. The van der Waals surface area contributed by atoms with Crippen LogP contribution < -0.4 is 0 Å². The molecule has 1 aromatic heterocycles. The van der Waals surface area contributed by atoms with Crippen LogP contribution in [-0.4, -0.2) is 27.8 Å². The second-order valence-electron chi connectivity index (χ2n) is 5.58. The Morgan fingerprint density at radius 1 is 1.21 bits per heavy atom. The summed E-state index contributed by atoms with van der Waals surface area (Å²) in [6.07, 6.45) is 6.47. The zero-order valence-corrected chi connectivity index (χ0v) is 11.5. The highest BCUT2D eigenvalue weighted by Crippen LogP contribution is 2.19. The van der Waals surface area contributed by atoms with Crippen LogP contribution in [0.5, 0.6) is 0 Å². The summed E-state index contributed by atoms with van der Waals surface area (Å²) >= 11 is 0. The van der Waals surface area contributed by atoms with Crippen LogP contribution in [0.1, 0.15) is 25.3 Å². The number of likely N-dealkylation sites (tertiary alicyclic amines) is 1. The molecule has 3 heteroatoms. The molecular weight excluding hydrogens is 234 g/mol. The molecule has 1 saturated heterocycles. The molecule has 100 valence electrons. The lowest BCUT2D eigenvalue weighted by Gasteiger charge is -2.30. The smallest absolute Gasteiger partial charge is 0.0648 e. The lowest BCUT2D eigenvalue weighted by molar-refractivity contribution is 0.185. The predicted molar refractivity (Wildman–Crippen MR) is 77.2 cm³/mol. The predicted octanol–water partition coefficient (Wildman–Crippen LogP) is 3.10. The molecule has 0 aliphatic carbocycles. The van der Waals surface area contributed by atoms with Crippen LogP contribution >= 0.6 is 0 Å². The van der Waals surface area contributed by atoms with Gasteiger partial charge in [0.05, 0.1) is 5.69 Å². The molecule has 0 atom stereocenters. The third-order valence-electron chi connectivity index (χ3n) is 3.96. The minimum absolute atomic E-state index is 0.895. The molecule has 0 unspecified atom stereocenters. The van der Waals surface area contributed by atoms with Crippen molar-refractivity contribution in [3.63, 3.8) is 0 Å². The van der Waals surface area contributed by atoms with Gasteiger partial charge in [0.2, 0.25) is 0 Å². The highest BCUT2D eigenvalue weighted by molar-refractivity contribution is 5.35.